The van der Waals surface area contributed by atoms with Gasteiger partial charge in [0, 0.05) is 5.69 Å². The van der Waals surface area contributed by atoms with E-state index in [1.165, 1.54) is 17.0 Å². The Kier molecular flexibility index (Phi) is 7.78. The number of rotatable bonds is 5. The molecule has 0 saturated heterocycles. The molecule has 0 aliphatic carbocycles. The molecule has 0 bridgehead atoms. The predicted octanol–water partition coefficient (Wildman–Crippen LogP) is 7.12. The van der Waals surface area contributed by atoms with Gasteiger partial charge >= 0.3 is 6.18 Å². The molecule has 1 heterocycles. The summed E-state index contributed by atoms with van der Waals surface area (Å²) in [7, 11) is 0. The smallest absolute Gasteiger partial charge is 0.325 e. The molecule has 3 aromatic carbocycles. The minimum absolute atomic E-state index is 0.00441. The Hall–Kier alpha value is -3.85. The van der Waals surface area contributed by atoms with Crippen molar-refractivity contribution in [3.05, 3.63) is 101 Å². The number of benzene rings is 3. The number of nitrogens with zero attached hydrogens (tertiary/aromatic N) is 2. The number of halogens is 3. The van der Waals surface area contributed by atoms with Gasteiger partial charge < -0.3 is 5.32 Å². The number of aliphatic imine (C=N–C) groups is 1. The van der Waals surface area contributed by atoms with Gasteiger partial charge in [0.25, 0.3) is 5.91 Å². The molecule has 0 saturated carbocycles. The molecule has 196 valence electrons. The second kappa shape index (κ2) is 10.9. The first kappa shape index (κ1) is 27.2. The van der Waals surface area contributed by atoms with Crippen LogP contribution in [0.15, 0.2) is 89.6 Å². The Morgan fingerprint density at radius 2 is 1.63 bits per heavy atom. The zero-order valence-electron chi connectivity index (χ0n) is 21.0. The van der Waals surface area contributed by atoms with E-state index in [4.69, 9.17) is 0 Å². The van der Waals surface area contributed by atoms with E-state index in [1.54, 1.807) is 30.3 Å². The molecule has 9 heteroatoms. The van der Waals surface area contributed by atoms with Crippen LogP contribution in [0.5, 0.6) is 0 Å². The number of hydrogen-bond acceptors (Lipinski definition) is 4. The zero-order valence-corrected chi connectivity index (χ0v) is 21.9. The number of nitrogens with one attached hydrogen (secondary N) is 1. The van der Waals surface area contributed by atoms with Gasteiger partial charge in [-0.1, -0.05) is 81.1 Å². The molecule has 0 unspecified atom stereocenters. The van der Waals surface area contributed by atoms with Crippen LogP contribution in [0.2, 0.25) is 0 Å². The maximum atomic E-state index is 13.3. The number of carbonyl (C=O) groups is 2. The van der Waals surface area contributed by atoms with Crippen LogP contribution in [0.4, 0.5) is 24.5 Å². The second-order valence-corrected chi connectivity index (χ2v) is 10.6. The number of thioether (sulfide) groups is 1. The van der Waals surface area contributed by atoms with Crippen molar-refractivity contribution < 1.29 is 22.8 Å². The molecule has 0 aromatic heterocycles. The zero-order chi connectivity index (χ0) is 27.5. The first-order chi connectivity index (χ1) is 17.9. The van der Waals surface area contributed by atoms with Crippen LogP contribution in [-0.4, -0.2) is 22.7 Å². The topological polar surface area (TPSA) is 61.8 Å². The predicted molar refractivity (Wildman–Crippen MR) is 147 cm³/mol. The number of carbonyl (C=O) groups excluding carboxylic acids is 2. The van der Waals surface area contributed by atoms with Crippen molar-refractivity contribution in [3.8, 4) is 0 Å². The van der Waals surface area contributed by atoms with Crippen molar-refractivity contribution in [2.24, 2.45) is 4.99 Å². The first-order valence-electron chi connectivity index (χ1n) is 11.8. The van der Waals surface area contributed by atoms with E-state index in [9.17, 15) is 22.8 Å². The van der Waals surface area contributed by atoms with Crippen LogP contribution >= 0.6 is 11.8 Å². The van der Waals surface area contributed by atoms with Crippen LogP contribution in [-0.2, 0) is 21.2 Å². The van der Waals surface area contributed by atoms with Crippen molar-refractivity contribution in [2.45, 2.75) is 32.4 Å². The van der Waals surface area contributed by atoms with E-state index >= 15 is 0 Å². The van der Waals surface area contributed by atoms with Crippen molar-refractivity contribution in [3.63, 3.8) is 0 Å². The van der Waals surface area contributed by atoms with Gasteiger partial charge in [0.2, 0.25) is 5.91 Å². The van der Waals surface area contributed by atoms with E-state index in [0.29, 0.717) is 10.9 Å². The Morgan fingerprint density at radius 1 is 0.947 bits per heavy atom. The molecule has 1 aliphatic heterocycles. The Morgan fingerprint density at radius 3 is 2.26 bits per heavy atom. The van der Waals surface area contributed by atoms with Gasteiger partial charge in [-0.3, -0.25) is 14.5 Å². The van der Waals surface area contributed by atoms with E-state index < -0.39 is 17.6 Å². The van der Waals surface area contributed by atoms with Gasteiger partial charge in [0.1, 0.15) is 5.70 Å². The highest BCUT2D eigenvalue weighted by molar-refractivity contribution is 8.14. The maximum Gasteiger partial charge on any atom is 0.416 e. The van der Waals surface area contributed by atoms with Crippen molar-refractivity contribution in [1.29, 1.82) is 0 Å². The molecular weight excluding hydrogens is 511 g/mol. The lowest BCUT2D eigenvalue weighted by molar-refractivity contribution is -0.137. The summed E-state index contributed by atoms with van der Waals surface area (Å²) in [6.45, 7) is 6.36. The minimum Gasteiger partial charge on any atom is -0.325 e. The number of hydrogen-bond donors (Lipinski definition) is 1. The number of para-hydroxylation sites is 1. The molecule has 1 aliphatic rings. The van der Waals surface area contributed by atoms with Crippen molar-refractivity contribution in [1.82, 2.24) is 0 Å². The van der Waals surface area contributed by atoms with Gasteiger partial charge in [-0.2, -0.15) is 13.2 Å². The van der Waals surface area contributed by atoms with Crippen molar-refractivity contribution in [2.75, 3.05) is 16.0 Å². The maximum absolute atomic E-state index is 13.3. The van der Waals surface area contributed by atoms with Gasteiger partial charge in [-0.25, -0.2) is 4.99 Å². The Bertz CT molecular complexity index is 1390. The number of amides is 2. The molecule has 1 N–H and O–H groups in total. The Balaban J connectivity index is 1.54. The summed E-state index contributed by atoms with van der Waals surface area (Å²) in [6.07, 6.45) is -2.82. The lowest BCUT2D eigenvalue weighted by atomic mass is 9.87. The highest BCUT2D eigenvalue weighted by Gasteiger charge is 2.33. The summed E-state index contributed by atoms with van der Waals surface area (Å²) in [6, 6.07) is 21.2. The molecule has 0 fully saturated rings. The monoisotopic (exact) mass is 537 g/mol. The van der Waals surface area contributed by atoms with E-state index in [2.05, 4.69) is 31.1 Å². The lowest BCUT2D eigenvalue weighted by Crippen LogP contribution is -2.31. The molecule has 0 atom stereocenters. The van der Waals surface area contributed by atoms with Crippen LogP contribution in [0, 0.1) is 0 Å². The number of anilines is 2. The Labute approximate surface area is 223 Å². The summed E-state index contributed by atoms with van der Waals surface area (Å²) >= 11 is 1.03. The molecule has 0 radical (unpaired) electrons. The van der Waals surface area contributed by atoms with Crippen LogP contribution in [0.3, 0.4) is 0 Å². The first-order valence-corrected chi connectivity index (χ1v) is 12.8. The summed E-state index contributed by atoms with van der Waals surface area (Å²) in [4.78, 5) is 31.8. The fraction of sp³-hybridized carbons (Fsp3) is 0.207. The molecule has 2 amide bonds. The van der Waals surface area contributed by atoms with Crippen LogP contribution < -0.4 is 10.2 Å². The van der Waals surface area contributed by atoms with Gasteiger partial charge in [-0.15, -0.1) is 0 Å². The third-order valence-corrected chi connectivity index (χ3v) is 6.67. The summed E-state index contributed by atoms with van der Waals surface area (Å²) in [5.41, 5.74) is 1.96. The van der Waals surface area contributed by atoms with E-state index in [0.717, 1.165) is 35.0 Å². The second-order valence-electron chi connectivity index (χ2n) is 9.69. The molecule has 0 spiro atoms. The summed E-state index contributed by atoms with van der Waals surface area (Å²) < 4.78 is 39.0. The average Bonchev–Trinajstić information content (AvgIpc) is 3.17. The third kappa shape index (κ3) is 6.52. The highest BCUT2D eigenvalue weighted by Crippen LogP contribution is 2.32. The number of alkyl halides is 3. The molecule has 3 aromatic rings. The normalized spacial score (nSPS) is 15.1. The summed E-state index contributed by atoms with van der Waals surface area (Å²) in [5, 5.41) is 2.78. The third-order valence-electron chi connectivity index (χ3n) is 5.73. The molecule has 4 rings (SSSR count). The molecule has 5 nitrogen and oxygen atoms in total. The summed E-state index contributed by atoms with van der Waals surface area (Å²) in [5.74, 6) is -1.01. The quantitative estimate of drug-likeness (QED) is 0.353. The molecular formula is C29H26F3N3O2S. The standard InChI is InChI=1S/C29H26F3N3O2S/c1-28(2,3)20-14-12-19(13-15-20)16-24-26(37)35(23-10-5-4-6-11-23)27(34-24)38-18-25(36)33-22-9-7-8-21(17-22)29(30,31)32/h4-17H,18H2,1-3H3,(H,33,36)/b24-16+. The van der Waals surface area contributed by atoms with Crippen LogP contribution in [0.1, 0.15) is 37.5 Å². The van der Waals surface area contributed by atoms with Gasteiger partial charge in [0.05, 0.1) is 17.0 Å². The van der Waals surface area contributed by atoms with E-state index in [-0.39, 0.29) is 28.5 Å². The van der Waals surface area contributed by atoms with Crippen LogP contribution in [0.25, 0.3) is 6.08 Å². The van der Waals surface area contributed by atoms with Gasteiger partial charge in [0.15, 0.2) is 5.17 Å². The molecule has 38 heavy (non-hydrogen) atoms. The van der Waals surface area contributed by atoms with E-state index in [1.807, 2.05) is 30.3 Å². The fourth-order valence-electron chi connectivity index (χ4n) is 3.74. The van der Waals surface area contributed by atoms with Crippen molar-refractivity contribution >= 4 is 46.2 Å². The van der Waals surface area contributed by atoms with Gasteiger partial charge in [-0.05, 0) is 52.9 Å². The number of amidine groups is 1. The fourth-order valence-corrected chi connectivity index (χ4v) is 4.55. The highest BCUT2D eigenvalue weighted by atomic mass is 32.2. The largest absolute Gasteiger partial charge is 0.416 e. The lowest BCUT2D eigenvalue weighted by Gasteiger charge is -2.18. The minimum atomic E-state index is -4.51. The SMILES string of the molecule is CC(C)(C)c1ccc(/C=C2/N=C(SCC(=O)Nc3cccc(C(F)(F)F)c3)N(c3ccccc3)C2=O)cc1. The average molecular weight is 538 g/mol.